The first-order valence-corrected chi connectivity index (χ1v) is 9.90. The van der Waals surface area contributed by atoms with Crippen molar-refractivity contribution in [2.24, 2.45) is 10.9 Å². The molecule has 2 amide bonds. The number of aliphatic carboxylic acids is 1. The van der Waals surface area contributed by atoms with Crippen LogP contribution in [0.2, 0.25) is 0 Å². The Balaban J connectivity index is 0.00000512. The molecule has 32 heavy (non-hydrogen) atoms. The molecule has 0 radical (unpaired) electrons. The van der Waals surface area contributed by atoms with Gasteiger partial charge in [0.25, 0.3) is 0 Å². The highest BCUT2D eigenvalue weighted by Gasteiger charge is 2.26. The van der Waals surface area contributed by atoms with Crippen molar-refractivity contribution in [1.82, 2.24) is 10.6 Å². The fourth-order valence-corrected chi connectivity index (χ4v) is 2.74. The van der Waals surface area contributed by atoms with E-state index >= 15 is 0 Å². The molecule has 11 nitrogen and oxygen atoms in total. The van der Waals surface area contributed by atoms with Crippen molar-refractivity contribution in [2.45, 2.75) is 44.8 Å². The Morgan fingerprint density at radius 2 is 2.03 bits per heavy atom. The third-order valence-electron chi connectivity index (χ3n) is 4.50. The van der Waals surface area contributed by atoms with Gasteiger partial charge in [0.2, 0.25) is 5.91 Å². The second-order valence-electron chi connectivity index (χ2n) is 6.99. The second kappa shape index (κ2) is 13.2. The van der Waals surface area contributed by atoms with Gasteiger partial charge in [0, 0.05) is 18.5 Å². The minimum absolute atomic E-state index is 0. The maximum atomic E-state index is 12.2. The van der Waals surface area contributed by atoms with Gasteiger partial charge in [-0.15, -0.1) is 12.4 Å². The average molecular weight is 470 g/mol. The Kier molecular flexibility index (Phi) is 11.0. The number of carbonyl (C=O) groups is 3. The number of unbranched alkanes of at least 4 members (excludes halogenated alkanes) is 1. The fourth-order valence-electron chi connectivity index (χ4n) is 2.74. The number of carboxylic acid groups (broad SMARTS) is 1. The minimum atomic E-state index is -1.31. The molecule has 12 heteroatoms. The Hall–Kier alpha value is -3.34. The molecule has 1 aromatic rings. The zero-order chi connectivity index (χ0) is 22.8. The molecule has 0 aromatic heterocycles. The Morgan fingerprint density at radius 1 is 1.34 bits per heavy atom. The lowest BCUT2D eigenvalue weighted by Crippen LogP contribution is -2.48. The number of amides is 2. The standard InChI is InChI=1S/C20H27N5O6.ClH/c1-2-3-8-30-20(29)24-16(19(27)28)11-23-17(26)10-14-9-15(25-31-14)12-4-6-13(7-5-12)18(21)22;/h4-7,14,16H,2-3,8-11H2,1H3,(H3,21,22)(H,23,26)(H,24,29)(H,27,28);1H/t14-,16-;/m0./s1. The highest BCUT2D eigenvalue weighted by atomic mass is 35.5. The van der Waals surface area contributed by atoms with Gasteiger partial charge < -0.3 is 31.0 Å². The molecule has 0 unspecified atom stereocenters. The molecular formula is C20H28ClN5O6. The Labute approximate surface area is 191 Å². The van der Waals surface area contributed by atoms with Gasteiger partial charge in [-0.05, 0) is 12.0 Å². The summed E-state index contributed by atoms with van der Waals surface area (Å²) in [6.07, 6.45) is 0.558. The monoisotopic (exact) mass is 469 g/mol. The van der Waals surface area contributed by atoms with Crippen molar-refractivity contribution in [3.63, 3.8) is 0 Å². The van der Waals surface area contributed by atoms with Crippen LogP contribution >= 0.6 is 12.4 Å². The number of nitrogens with one attached hydrogen (secondary N) is 3. The molecule has 1 aromatic carbocycles. The molecule has 1 aliphatic heterocycles. The quantitative estimate of drug-likeness (QED) is 0.184. The van der Waals surface area contributed by atoms with E-state index < -0.39 is 30.1 Å². The number of hydrogen-bond donors (Lipinski definition) is 5. The predicted octanol–water partition coefficient (Wildman–Crippen LogP) is 1.37. The number of alkyl carbamates (subject to hydrolysis) is 1. The lowest BCUT2D eigenvalue weighted by molar-refractivity contribution is -0.139. The van der Waals surface area contributed by atoms with Crippen LogP contribution in [0.15, 0.2) is 29.4 Å². The van der Waals surface area contributed by atoms with E-state index in [4.69, 9.17) is 20.7 Å². The lowest BCUT2D eigenvalue weighted by Gasteiger charge is -2.16. The van der Waals surface area contributed by atoms with Crippen LogP contribution in [-0.2, 0) is 19.2 Å². The summed E-state index contributed by atoms with van der Waals surface area (Å²) in [7, 11) is 0. The van der Waals surface area contributed by atoms with Crippen LogP contribution in [0.4, 0.5) is 4.79 Å². The van der Waals surface area contributed by atoms with E-state index in [0.29, 0.717) is 24.1 Å². The summed E-state index contributed by atoms with van der Waals surface area (Å²) in [6.45, 7) is 1.84. The number of rotatable bonds is 11. The SMILES string of the molecule is CCCCOC(=O)N[C@@H](CNC(=O)C[C@@H]1CC(c2ccc(C(=N)N)cc2)=NO1)C(=O)O.Cl. The van der Waals surface area contributed by atoms with E-state index in [2.05, 4.69) is 15.8 Å². The van der Waals surface area contributed by atoms with Crippen LogP contribution in [0.1, 0.15) is 43.7 Å². The summed E-state index contributed by atoms with van der Waals surface area (Å²) in [5.74, 6) is -1.75. The molecule has 1 heterocycles. The summed E-state index contributed by atoms with van der Waals surface area (Å²) >= 11 is 0. The van der Waals surface area contributed by atoms with Crippen LogP contribution in [0, 0.1) is 5.41 Å². The maximum Gasteiger partial charge on any atom is 0.407 e. The average Bonchev–Trinajstić information content (AvgIpc) is 3.19. The lowest BCUT2D eigenvalue weighted by atomic mass is 10.0. The summed E-state index contributed by atoms with van der Waals surface area (Å²) in [5, 5.41) is 25.3. The first-order valence-electron chi connectivity index (χ1n) is 9.90. The van der Waals surface area contributed by atoms with Crippen molar-refractivity contribution >= 4 is 41.9 Å². The molecule has 0 aliphatic carbocycles. The van der Waals surface area contributed by atoms with Crippen LogP contribution in [-0.4, -0.2) is 59.9 Å². The van der Waals surface area contributed by atoms with Crippen molar-refractivity contribution < 1.29 is 29.1 Å². The summed E-state index contributed by atoms with van der Waals surface area (Å²) in [6, 6.07) is 5.63. The van der Waals surface area contributed by atoms with Crippen molar-refractivity contribution in [3.8, 4) is 0 Å². The van der Waals surface area contributed by atoms with E-state index in [1.54, 1.807) is 24.3 Å². The summed E-state index contributed by atoms with van der Waals surface area (Å²) < 4.78 is 4.87. The van der Waals surface area contributed by atoms with E-state index in [1.807, 2.05) is 6.92 Å². The number of nitrogens with two attached hydrogens (primary N) is 1. The number of oxime groups is 1. The van der Waals surface area contributed by atoms with Gasteiger partial charge in [-0.1, -0.05) is 42.8 Å². The number of hydrogen-bond acceptors (Lipinski definition) is 7. The number of benzene rings is 1. The number of nitrogens with zero attached hydrogens (tertiary/aromatic N) is 1. The minimum Gasteiger partial charge on any atom is -0.480 e. The van der Waals surface area contributed by atoms with Crippen molar-refractivity contribution in [1.29, 1.82) is 5.41 Å². The smallest absolute Gasteiger partial charge is 0.407 e. The van der Waals surface area contributed by atoms with Crippen molar-refractivity contribution in [2.75, 3.05) is 13.2 Å². The van der Waals surface area contributed by atoms with Crippen LogP contribution in [0.25, 0.3) is 0 Å². The maximum absolute atomic E-state index is 12.2. The molecule has 1 aliphatic rings. The fraction of sp³-hybridized carbons (Fsp3) is 0.450. The van der Waals surface area contributed by atoms with Gasteiger partial charge in [0.05, 0.1) is 18.7 Å². The van der Waals surface area contributed by atoms with Crippen LogP contribution in [0.5, 0.6) is 0 Å². The molecule has 0 saturated carbocycles. The molecule has 2 rings (SSSR count). The van der Waals surface area contributed by atoms with E-state index in [0.717, 1.165) is 12.0 Å². The molecule has 176 valence electrons. The van der Waals surface area contributed by atoms with Crippen molar-refractivity contribution in [3.05, 3.63) is 35.4 Å². The normalized spacial score (nSPS) is 15.4. The van der Waals surface area contributed by atoms with Gasteiger partial charge in [-0.3, -0.25) is 10.2 Å². The molecule has 0 fully saturated rings. The molecule has 6 N–H and O–H groups in total. The molecule has 0 bridgehead atoms. The van der Waals surface area contributed by atoms with Gasteiger partial charge in [-0.25, -0.2) is 9.59 Å². The topological polar surface area (TPSA) is 176 Å². The van der Waals surface area contributed by atoms with Gasteiger partial charge in [0.15, 0.2) is 0 Å². The first-order chi connectivity index (χ1) is 14.8. The number of amidine groups is 1. The largest absolute Gasteiger partial charge is 0.480 e. The van der Waals surface area contributed by atoms with Crippen LogP contribution in [0.3, 0.4) is 0 Å². The van der Waals surface area contributed by atoms with Gasteiger partial charge in [0.1, 0.15) is 18.0 Å². The number of carbonyl (C=O) groups excluding carboxylic acids is 2. The van der Waals surface area contributed by atoms with Gasteiger partial charge in [-0.2, -0.15) is 0 Å². The second-order valence-corrected chi connectivity index (χ2v) is 6.99. The number of ether oxygens (including phenoxy) is 1. The van der Waals surface area contributed by atoms with E-state index in [-0.39, 0.29) is 37.8 Å². The van der Waals surface area contributed by atoms with E-state index in [1.165, 1.54) is 0 Å². The third kappa shape index (κ3) is 8.42. The zero-order valence-corrected chi connectivity index (χ0v) is 18.4. The molecule has 2 atom stereocenters. The highest BCUT2D eigenvalue weighted by Crippen LogP contribution is 2.19. The number of nitrogen functional groups attached to an aromatic ring is 1. The zero-order valence-electron chi connectivity index (χ0n) is 17.6. The highest BCUT2D eigenvalue weighted by molar-refractivity contribution is 6.02. The Bertz CT molecular complexity index is 845. The first kappa shape index (κ1) is 26.7. The van der Waals surface area contributed by atoms with Gasteiger partial charge >= 0.3 is 12.1 Å². The summed E-state index contributed by atoms with van der Waals surface area (Å²) in [4.78, 5) is 40.4. The molecule has 0 saturated heterocycles. The molecule has 0 spiro atoms. The third-order valence-corrected chi connectivity index (χ3v) is 4.50. The summed E-state index contributed by atoms with van der Waals surface area (Å²) in [5.41, 5.74) is 7.48. The van der Waals surface area contributed by atoms with Crippen LogP contribution < -0.4 is 16.4 Å². The number of carboxylic acids is 1. The Morgan fingerprint density at radius 3 is 2.62 bits per heavy atom. The van der Waals surface area contributed by atoms with E-state index in [9.17, 15) is 19.5 Å². The number of halogens is 1. The predicted molar refractivity (Wildman–Crippen MR) is 119 cm³/mol. The molecular weight excluding hydrogens is 442 g/mol.